The van der Waals surface area contributed by atoms with Gasteiger partial charge in [0, 0.05) is 12.1 Å². The van der Waals surface area contributed by atoms with Gasteiger partial charge in [-0.15, -0.1) is 0 Å². The summed E-state index contributed by atoms with van der Waals surface area (Å²) in [4.78, 5) is 50.3. The Hall–Kier alpha value is -4.34. The molecule has 28 heavy (non-hydrogen) atoms. The average molecular weight is 380 g/mol. The first-order valence-corrected chi connectivity index (χ1v) is 7.90. The van der Waals surface area contributed by atoms with Crippen LogP contribution in [-0.4, -0.2) is 19.8 Å². The van der Waals surface area contributed by atoms with E-state index in [-0.39, 0.29) is 33.2 Å². The summed E-state index contributed by atoms with van der Waals surface area (Å²) in [6.45, 7) is 0. The molecule has 140 valence electrons. The molecule has 10 heteroatoms. The molecule has 0 radical (unpaired) electrons. The highest BCUT2D eigenvalue weighted by molar-refractivity contribution is 5.61. The number of aromatic amines is 2. The molecule has 1 aromatic heterocycles. The van der Waals surface area contributed by atoms with Crippen LogP contribution >= 0.6 is 0 Å². The molecule has 0 saturated heterocycles. The zero-order valence-electron chi connectivity index (χ0n) is 14.1. The number of nitro groups is 2. The van der Waals surface area contributed by atoms with E-state index in [4.69, 9.17) is 0 Å². The van der Waals surface area contributed by atoms with E-state index in [0.29, 0.717) is 0 Å². The molecular weight excluding hydrogens is 368 g/mol. The molecule has 3 aromatic rings. The summed E-state index contributed by atoms with van der Waals surface area (Å²) in [6.07, 6.45) is 2.38. The second-order valence-corrected chi connectivity index (χ2v) is 5.66. The van der Waals surface area contributed by atoms with Crippen molar-refractivity contribution in [2.45, 2.75) is 0 Å². The first-order valence-electron chi connectivity index (χ1n) is 7.90. The maximum absolute atomic E-state index is 12.3. The number of para-hydroxylation sites is 2. The first kappa shape index (κ1) is 18.5. The number of hydrogen-bond donors (Lipinski definition) is 2. The van der Waals surface area contributed by atoms with Gasteiger partial charge in [0.15, 0.2) is 0 Å². The van der Waals surface area contributed by atoms with Crippen molar-refractivity contribution in [2.75, 3.05) is 0 Å². The Labute approximate surface area is 155 Å². The second kappa shape index (κ2) is 7.50. The van der Waals surface area contributed by atoms with Crippen molar-refractivity contribution < 1.29 is 9.85 Å². The van der Waals surface area contributed by atoms with Gasteiger partial charge in [-0.2, -0.15) is 0 Å². The number of aromatic nitrogens is 2. The molecule has 0 spiro atoms. The Morgan fingerprint density at radius 2 is 1.04 bits per heavy atom. The van der Waals surface area contributed by atoms with Crippen molar-refractivity contribution in [3.63, 3.8) is 0 Å². The third-order valence-corrected chi connectivity index (χ3v) is 3.85. The van der Waals surface area contributed by atoms with Gasteiger partial charge in [-0.3, -0.25) is 29.8 Å². The quantitative estimate of drug-likeness (QED) is 0.498. The van der Waals surface area contributed by atoms with Crippen LogP contribution in [0.25, 0.3) is 12.2 Å². The summed E-state index contributed by atoms with van der Waals surface area (Å²) in [5, 5.41) is 21.8. The van der Waals surface area contributed by atoms with Crippen molar-refractivity contribution in [1.82, 2.24) is 9.97 Å². The molecule has 2 aromatic carbocycles. The van der Waals surface area contributed by atoms with Gasteiger partial charge in [-0.1, -0.05) is 24.3 Å². The van der Waals surface area contributed by atoms with Gasteiger partial charge in [0.25, 0.3) is 22.5 Å². The number of benzene rings is 2. The van der Waals surface area contributed by atoms with Crippen LogP contribution in [0.3, 0.4) is 0 Å². The van der Waals surface area contributed by atoms with Crippen LogP contribution < -0.4 is 21.8 Å². The van der Waals surface area contributed by atoms with Crippen LogP contribution in [0.2, 0.25) is 0 Å². The molecule has 0 atom stereocenters. The lowest BCUT2D eigenvalue weighted by Gasteiger charge is -1.97. The Morgan fingerprint density at radius 3 is 1.39 bits per heavy atom. The summed E-state index contributed by atoms with van der Waals surface area (Å²) in [5.74, 6) is 0. The van der Waals surface area contributed by atoms with E-state index in [1.165, 1.54) is 48.6 Å². The average Bonchev–Trinajstić information content (AvgIpc) is 2.66. The number of rotatable bonds is 4. The molecule has 10 nitrogen and oxygen atoms in total. The highest BCUT2D eigenvalue weighted by Crippen LogP contribution is 2.18. The lowest BCUT2D eigenvalue weighted by atomic mass is 10.1. The Balaban J connectivity index is 2.19. The summed E-state index contributed by atoms with van der Waals surface area (Å²) < 4.78 is 0. The zero-order valence-corrected chi connectivity index (χ0v) is 14.1. The van der Waals surface area contributed by atoms with Crippen molar-refractivity contribution in [2.24, 2.45) is 0 Å². The van der Waals surface area contributed by atoms with Gasteiger partial charge in [0.05, 0.1) is 21.0 Å². The van der Waals surface area contributed by atoms with E-state index < -0.39 is 21.0 Å². The van der Waals surface area contributed by atoms with Crippen LogP contribution in [0.15, 0.2) is 58.1 Å². The molecule has 2 N–H and O–H groups in total. The number of H-pyrrole nitrogens is 2. The predicted molar refractivity (Wildman–Crippen MR) is 100 cm³/mol. The molecule has 0 fully saturated rings. The van der Waals surface area contributed by atoms with E-state index in [0.717, 1.165) is 0 Å². The number of nitro benzene ring substituents is 2. The molecule has 0 aliphatic rings. The van der Waals surface area contributed by atoms with Crippen molar-refractivity contribution in [3.05, 3.63) is 111 Å². The molecule has 0 unspecified atom stereocenters. The predicted octanol–water partition coefficient (Wildman–Crippen LogP) is 0.537. The fourth-order valence-corrected chi connectivity index (χ4v) is 2.56. The molecule has 0 saturated carbocycles. The summed E-state index contributed by atoms with van der Waals surface area (Å²) in [6, 6.07) is 11.5. The summed E-state index contributed by atoms with van der Waals surface area (Å²) >= 11 is 0. The fraction of sp³-hybridized carbons (Fsp3) is 0. The Kier molecular flexibility index (Phi) is 4.94. The van der Waals surface area contributed by atoms with Gasteiger partial charge in [0.1, 0.15) is 10.7 Å². The number of hydrogen-bond acceptors (Lipinski definition) is 6. The minimum atomic E-state index is -0.706. The molecule has 3 rings (SSSR count). The van der Waals surface area contributed by atoms with Crippen LogP contribution in [0.1, 0.15) is 11.1 Å². The maximum Gasteiger partial charge on any atom is 0.276 e. The van der Waals surface area contributed by atoms with Crippen LogP contribution in [0.4, 0.5) is 11.4 Å². The van der Waals surface area contributed by atoms with Crippen LogP contribution in [-0.2, 0) is 0 Å². The van der Waals surface area contributed by atoms with E-state index in [1.54, 1.807) is 12.1 Å². The molecule has 1 heterocycles. The standard InChI is InChI=1S/C18H12N4O6/c23-17-13(9-11-5-1-3-7-15(11)21(25)26)19-18(24)14(20-17)10-12-6-2-4-8-16(12)22(27)28/h1-10H,(H,19,24)(H,20,23)/b13-9-,14-10-. The van der Waals surface area contributed by atoms with Crippen LogP contribution in [0.5, 0.6) is 0 Å². The van der Waals surface area contributed by atoms with E-state index in [1.807, 2.05) is 0 Å². The molecule has 0 bridgehead atoms. The van der Waals surface area contributed by atoms with E-state index in [9.17, 15) is 29.8 Å². The van der Waals surface area contributed by atoms with Crippen molar-refractivity contribution in [1.29, 1.82) is 0 Å². The third kappa shape index (κ3) is 3.75. The second-order valence-electron chi connectivity index (χ2n) is 5.66. The minimum Gasteiger partial charge on any atom is -0.316 e. The SMILES string of the molecule is O=c1[nH]/c(=C\c2ccccc2[N+](=O)[O-])c(=O)[nH]/c1=C\c1ccccc1[N+](=O)[O-]. The topological polar surface area (TPSA) is 152 Å². The van der Waals surface area contributed by atoms with Crippen LogP contribution in [0, 0.1) is 20.2 Å². The lowest BCUT2D eigenvalue weighted by molar-refractivity contribution is -0.385. The minimum absolute atomic E-state index is 0.143. The third-order valence-electron chi connectivity index (χ3n) is 3.85. The first-order chi connectivity index (χ1) is 13.4. The summed E-state index contributed by atoms with van der Waals surface area (Å²) in [5.41, 5.74) is -1.57. The molecular formula is C18H12N4O6. The van der Waals surface area contributed by atoms with Crippen molar-refractivity contribution in [3.8, 4) is 0 Å². The Morgan fingerprint density at radius 1 is 0.679 bits per heavy atom. The number of nitrogens with zero attached hydrogens (tertiary/aromatic N) is 2. The van der Waals surface area contributed by atoms with Gasteiger partial charge in [-0.25, -0.2) is 0 Å². The largest absolute Gasteiger partial charge is 0.316 e. The molecule has 0 aliphatic heterocycles. The monoisotopic (exact) mass is 380 g/mol. The van der Waals surface area contributed by atoms with Gasteiger partial charge in [-0.05, 0) is 24.3 Å². The maximum atomic E-state index is 12.3. The lowest BCUT2D eigenvalue weighted by Crippen LogP contribution is -2.46. The highest BCUT2D eigenvalue weighted by Gasteiger charge is 2.12. The zero-order chi connectivity index (χ0) is 20.3. The fourth-order valence-electron chi connectivity index (χ4n) is 2.56. The van der Waals surface area contributed by atoms with E-state index in [2.05, 4.69) is 9.97 Å². The summed E-state index contributed by atoms with van der Waals surface area (Å²) in [7, 11) is 0. The van der Waals surface area contributed by atoms with Crippen molar-refractivity contribution >= 4 is 23.5 Å². The smallest absolute Gasteiger partial charge is 0.276 e. The molecule has 0 aliphatic carbocycles. The Bertz CT molecular complexity index is 1220. The van der Waals surface area contributed by atoms with Gasteiger partial charge < -0.3 is 9.97 Å². The highest BCUT2D eigenvalue weighted by atomic mass is 16.6. The van der Waals surface area contributed by atoms with E-state index >= 15 is 0 Å². The molecule has 0 amide bonds. The van der Waals surface area contributed by atoms with Gasteiger partial charge in [0.2, 0.25) is 0 Å². The number of nitrogens with one attached hydrogen (secondary N) is 2. The normalized spacial score (nSPS) is 12.1. The van der Waals surface area contributed by atoms with Gasteiger partial charge >= 0.3 is 0 Å².